The smallest absolute Gasteiger partial charge is 0.243 e. The summed E-state index contributed by atoms with van der Waals surface area (Å²) in [5, 5.41) is 3.38. The molecule has 168 valence electrons. The van der Waals surface area contributed by atoms with E-state index in [9.17, 15) is 13.2 Å². The molecule has 0 radical (unpaired) electrons. The highest BCUT2D eigenvalue weighted by molar-refractivity contribution is 7.89. The molecular weight excluding hydrogens is 446 g/mol. The number of nitrogens with one attached hydrogen (secondary N) is 1. The number of benzene rings is 2. The fourth-order valence-corrected chi connectivity index (χ4v) is 6.05. The van der Waals surface area contributed by atoms with E-state index in [1.165, 1.54) is 15.6 Å². The number of hydrogen-bond donors (Lipinski definition) is 1. The first-order chi connectivity index (χ1) is 15.3. The fourth-order valence-electron chi connectivity index (χ4n) is 3.52. The molecule has 1 aliphatic rings. The summed E-state index contributed by atoms with van der Waals surface area (Å²) >= 11 is 1.34. The number of thiazole rings is 1. The molecule has 7 nitrogen and oxygen atoms in total. The van der Waals surface area contributed by atoms with Gasteiger partial charge in [-0.1, -0.05) is 29.8 Å². The highest BCUT2D eigenvalue weighted by Gasteiger charge is 2.30. The van der Waals surface area contributed by atoms with Crippen LogP contribution < -0.4 is 10.1 Å². The fraction of sp³-hybridized carbons (Fsp3) is 0.304. The molecule has 1 amide bonds. The van der Waals surface area contributed by atoms with E-state index in [0.717, 1.165) is 27.4 Å². The molecule has 1 aliphatic heterocycles. The van der Waals surface area contributed by atoms with Crippen molar-refractivity contribution in [1.82, 2.24) is 9.29 Å². The second kappa shape index (κ2) is 9.40. The van der Waals surface area contributed by atoms with E-state index >= 15 is 0 Å². The number of hydrogen-bond acceptors (Lipinski definition) is 6. The van der Waals surface area contributed by atoms with Crippen molar-refractivity contribution < 1.29 is 17.9 Å². The highest BCUT2D eigenvalue weighted by Crippen LogP contribution is 2.31. The Morgan fingerprint density at radius 1 is 1.16 bits per heavy atom. The summed E-state index contributed by atoms with van der Waals surface area (Å²) in [4.78, 5) is 18.1. The third kappa shape index (κ3) is 5.01. The van der Waals surface area contributed by atoms with Crippen LogP contribution in [0.25, 0.3) is 0 Å². The molecule has 0 saturated carbocycles. The van der Waals surface area contributed by atoms with Crippen LogP contribution in [0.2, 0.25) is 0 Å². The molecular formula is C23H25N3O4S2. The molecule has 0 bridgehead atoms. The Bertz CT molecular complexity index is 1200. The van der Waals surface area contributed by atoms with Crippen LogP contribution in [-0.4, -0.2) is 37.3 Å². The zero-order valence-corrected chi connectivity index (χ0v) is 19.6. The molecule has 0 spiro atoms. The average molecular weight is 472 g/mol. The molecule has 0 unspecified atom stereocenters. The minimum Gasteiger partial charge on any atom is -0.497 e. The number of fused-ring (bicyclic) bond motifs is 1. The quantitative estimate of drug-likeness (QED) is 0.567. The summed E-state index contributed by atoms with van der Waals surface area (Å²) in [6.07, 6.45) is 1.48. The van der Waals surface area contributed by atoms with Gasteiger partial charge in [-0.15, -0.1) is 11.3 Å². The lowest BCUT2D eigenvalue weighted by molar-refractivity contribution is -0.116. The second-order valence-electron chi connectivity index (χ2n) is 7.69. The minimum absolute atomic E-state index is 0.115. The van der Waals surface area contributed by atoms with Crippen molar-refractivity contribution in [3.63, 3.8) is 0 Å². The van der Waals surface area contributed by atoms with Gasteiger partial charge < -0.3 is 10.1 Å². The maximum atomic E-state index is 13.0. The monoisotopic (exact) mass is 471 g/mol. The van der Waals surface area contributed by atoms with Crippen LogP contribution in [0, 0.1) is 6.92 Å². The van der Waals surface area contributed by atoms with Crippen LogP contribution in [0.5, 0.6) is 5.75 Å². The van der Waals surface area contributed by atoms with Gasteiger partial charge in [-0.3, -0.25) is 4.79 Å². The number of amides is 1. The van der Waals surface area contributed by atoms with Crippen molar-refractivity contribution in [2.24, 2.45) is 0 Å². The van der Waals surface area contributed by atoms with Crippen molar-refractivity contribution in [1.29, 1.82) is 0 Å². The van der Waals surface area contributed by atoms with Gasteiger partial charge in [0.25, 0.3) is 0 Å². The number of aryl methyl sites for hydroxylation is 2. The van der Waals surface area contributed by atoms with Gasteiger partial charge >= 0.3 is 0 Å². The molecule has 1 aromatic heterocycles. The number of anilines is 1. The van der Waals surface area contributed by atoms with Gasteiger partial charge in [0.05, 0.1) is 24.2 Å². The Morgan fingerprint density at radius 3 is 2.56 bits per heavy atom. The molecule has 9 heteroatoms. The molecule has 3 aromatic rings. The normalized spacial score (nSPS) is 14.1. The van der Waals surface area contributed by atoms with Gasteiger partial charge in [-0.25, -0.2) is 13.4 Å². The van der Waals surface area contributed by atoms with Crippen LogP contribution in [0.4, 0.5) is 5.13 Å². The van der Waals surface area contributed by atoms with Crippen molar-refractivity contribution >= 4 is 32.4 Å². The van der Waals surface area contributed by atoms with E-state index in [2.05, 4.69) is 10.3 Å². The van der Waals surface area contributed by atoms with Gasteiger partial charge in [0.15, 0.2) is 5.13 Å². The predicted octanol–water partition coefficient (Wildman–Crippen LogP) is 3.78. The Balaban J connectivity index is 1.37. The number of nitrogens with zero attached hydrogens (tertiary/aromatic N) is 2. The van der Waals surface area contributed by atoms with Crippen LogP contribution in [0.15, 0.2) is 53.4 Å². The zero-order valence-electron chi connectivity index (χ0n) is 18.0. The van der Waals surface area contributed by atoms with Gasteiger partial charge in [0, 0.05) is 24.3 Å². The standard InChI is InChI=1S/C23H25N3O4S2/c1-16-3-10-19(11-4-16)32(28,29)26-14-13-20-21(15-26)31-23(24-20)25-22(27)12-7-17-5-8-18(30-2)9-6-17/h3-6,8-11H,7,12-15H2,1-2H3,(H,24,25,27). The van der Waals surface area contributed by atoms with Crippen molar-refractivity contribution in [2.75, 3.05) is 19.0 Å². The average Bonchev–Trinajstić information content (AvgIpc) is 3.19. The summed E-state index contributed by atoms with van der Waals surface area (Å²) in [6.45, 7) is 2.57. The molecule has 2 heterocycles. The number of ether oxygens (including phenoxy) is 1. The lowest BCUT2D eigenvalue weighted by Crippen LogP contribution is -2.35. The van der Waals surface area contributed by atoms with Crippen molar-refractivity contribution in [2.45, 2.75) is 37.6 Å². The highest BCUT2D eigenvalue weighted by atomic mass is 32.2. The summed E-state index contributed by atoms with van der Waals surface area (Å²) in [7, 11) is -1.95. The summed E-state index contributed by atoms with van der Waals surface area (Å²) in [5.74, 6) is 0.668. The first-order valence-corrected chi connectivity index (χ1v) is 12.6. The molecule has 0 atom stereocenters. The summed E-state index contributed by atoms with van der Waals surface area (Å²) < 4.78 is 32.6. The first-order valence-electron chi connectivity index (χ1n) is 10.3. The van der Waals surface area contributed by atoms with E-state index in [1.807, 2.05) is 31.2 Å². The third-order valence-corrected chi connectivity index (χ3v) is 8.26. The van der Waals surface area contributed by atoms with Crippen LogP contribution in [0.1, 0.15) is 28.1 Å². The molecule has 0 fully saturated rings. The Labute approximate surface area is 192 Å². The van der Waals surface area contributed by atoms with Crippen LogP contribution in [0.3, 0.4) is 0 Å². The Kier molecular flexibility index (Phi) is 6.59. The minimum atomic E-state index is -3.56. The zero-order chi connectivity index (χ0) is 22.7. The van der Waals surface area contributed by atoms with Crippen molar-refractivity contribution in [3.8, 4) is 5.75 Å². The number of carbonyl (C=O) groups is 1. The lowest BCUT2D eigenvalue weighted by atomic mass is 10.1. The maximum Gasteiger partial charge on any atom is 0.243 e. The van der Waals surface area contributed by atoms with Crippen molar-refractivity contribution in [3.05, 3.63) is 70.2 Å². The molecule has 4 rings (SSSR count). The van der Waals surface area contributed by atoms with Gasteiger partial charge in [0.2, 0.25) is 15.9 Å². The molecule has 0 aliphatic carbocycles. The van der Waals surface area contributed by atoms with E-state index < -0.39 is 10.0 Å². The number of sulfonamides is 1. The van der Waals surface area contributed by atoms with Gasteiger partial charge in [0.1, 0.15) is 5.75 Å². The predicted molar refractivity (Wildman–Crippen MR) is 125 cm³/mol. The summed E-state index contributed by atoms with van der Waals surface area (Å²) in [5.41, 5.74) is 2.92. The number of rotatable bonds is 7. The lowest BCUT2D eigenvalue weighted by Gasteiger charge is -2.25. The molecule has 1 N–H and O–H groups in total. The van der Waals surface area contributed by atoms with Gasteiger partial charge in [-0.2, -0.15) is 4.31 Å². The number of methoxy groups -OCH3 is 1. The Hall–Kier alpha value is -2.75. The molecule has 2 aromatic carbocycles. The van der Waals surface area contributed by atoms with E-state index in [0.29, 0.717) is 35.8 Å². The molecule has 0 saturated heterocycles. The topological polar surface area (TPSA) is 88.6 Å². The summed E-state index contributed by atoms with van der Waals surface area (Å²) in [6, 6.07) is 14.5. The van der Waals surface area contributed by atoms with E-state index in [-0.39, 0.29) is 12.5 Å². The SMILES string of the molecule is COc1ccc(CCC(=O)Nc2nc3c(s2)CN(S(=O)(=O)c2ccc(C)cc2)CC3)cc1. The number of aromatic nitrogens is 1. The third-order valence-electron chi connectivity index (χ3n) is 5.40. The van der Waals surface area contributed by atoms with E-state index in [1.54, 1.807) is 31.4 Å². The maximum absolute atomic E-state index is 13.0. The molecule has 32 heavy (non-hydrogen) atoms. The first kappa shape index (κ1) is 22.4. The van der Waals surface area contributed by atoms with Crippen LogP contribution >= 0.6 is 11.3 Å². The van der Waals surface area contributed by atoms with Gasteiger partial charge in [-0.05, 0) is 43.2 Å². The second-order valence-corrected chi connectivity index (χ2v) is 10.7. The van der Waals surface area contributed by atoms with Crippen LogP contribution in [-0.2, 0) is 34.2 Å². The Morgan fingerprint density at radius 2 is 1.88 bits per heavy atom. The largest absolute Gasteiger partial charge is 0.497 e. The number of carbonyl (C=O) groups excluding carboxylic acids is 1. The van der Waals surface area contributed by atoms with E-state index in [4.69, 9.17) is 4.74 Å².